The van der Waals surface area contributed by atoms with Crippen LogP contribution in [-0.2, 0) is 11.4 Å². The van der Waals surface area contributed by atoms with Crippen LogP contribution in [0.3, 0.4) is 0 Å². The molecule has 10 nitrogen and oxygen atoms in total. The second-order valence-corrected chi connectivity index (χ2v) is 8.65. The molecule has 37 heavy (non-hydrogen) atoms. The van der Waals surface area contributed by atoms with Gasteiger partial charge in [0.15, 0.2) is 23.0 Å². The van der Waals surface area contributed by atoms with Crippen molar-refractivity contribution in [2.75, 3.05) is 12.4 Å². The minimum Gasteiger partial charge on any atom is -0.493 e. The molecule has 6 rings (SSSR count). The second kappa shape index (κ2) is 9.01. The molecule has 1 N–H and O–H groups in total. The minimum absolute atomic E-state index is 0.00688. The van der Waals surface area contributed by atoms with E-state index in [1.54, 1.807) is 48.2 Å². The number of nitrogens with one attached hydrogen (secondary N) is 1. The van der Waals surface area contributed by atoms with Crippen LogP contribution in [0.2, 0.25) is 0 Å². The van der Waals surface area contributed by atoms with Gasteiger partial charge in [-0.1, -0.05) is 30.3 Å². The molecule has 0 radical (unpaired) electrons. The van der Waals surface area contributed by atoms with Crippen molar-refractivity contribution in [1.82, 2.24) is 29.6 Å². The van der Waals surface area contributed by atoms with Gasteiger partial charge in [0.25, 0.3) is 0 Å². The van der Waals surface area contributed by atoms with E-state index in [4.69, 9.17) is 14.6 Å². The Kier molecular flexibility index (Phi) is 5.52. The van der Waals surface area contributed by atoms with Gasteiger partial charge in [-0.15, -0.1) is 15.3 Å². The maximum absolute atomic E-state index is 14.3. The Balaban J connectivity index is 1.44. The van der Waals surface area contributed by atoms with E-state index in [1.807, 2.05) is 19.1 Å². The van der Waals surface area contributed by atoms with Gasteiger partial charge in [0.05, 0.1) is 12.8 Å². The van der Waals surface area contributed by atoms with Crippen LogP contribution in [0.4, 0.5) is 10.2 Å². The van der Waals surface area contributed by atoms with Crippen LogP contribution in [0.1, 0.15) is 34.7 Å². The number of amides is 1. The van der Waals surface area contributed by atoms with E-state index in [0.29, 0.717) is 34.3 Å². The number of anilines is 1. The van der Waals surface area contributed by atoms with E-state index in [2.05, 4.69) is 20.6 Å². The van der Waals surface area contributed by atoms with Gasteiger partial charge >= 0.3 is 0 Å². The Hall–Kier alpha value is -4.80. The first kappa shape index (κ1) is 22.7. The molecule has 5 aromatic rings. The van der Waals surface area contributed by atoms with Crippen LogP contribution in [-0.4, -0.2) is 42.6 Å². The molecule has 2 aromatic carbocycles. The quantitative estimate of drug-likeness (QED) is 0.378. The highest BCUT2D eigenvalue weighted by Gasteiger charge is 2.35. The van der Waals surface area contributed by atoms with Crippen molar-refractivity contribution in [3.63, 3.8) is 0 Å². The lowest BCUT2D eigenvalue weighted by atomic mass is 9.85. The van der Waals surface area contributed by atoms with E-state index < -0.39 is 0 Å². The molecule has 1 aliphatic rings. The van der Waals surface area contributed by atoms with E-state index >= 15 is 0 Å². The minimum atomic E-state index is -0.373. The Labute approximate surface area is 210 Å². The number of hydrogen-bond acceptors (Lipinski definition) is 7. The second-order valence-electron chi connectivity index (χ2n) is 8.65. The summed E-state index contributed by atoms with van der Waals surface area (Å²) >= 11 is 0. The summed E-state index contributed by atoms with van der Waals surface area (Å²) in [4.78, 5) is 12.9. The number of rotatable bonds is 6. The Morgan fingerprint density at radius 3 is 2.81 bits per heavy atom. The number of carbonyl (C=O) groups excluding carboxylic acids is 1. The third-order valence-electron chi connectivity index (χ3n) is 6.40. The normalized spacial score (nSPS) is 14.9. The van der Waals surface area contributed by atoms with Crippen molar-refractivity contribution in [1.29, 1.82) is 0 Å². The number of carbonyl (C=O) groups is 1. The summed E-state index contributed by atoms with van der Waals surface area (Å²) in [6.45, 7) is 1.89. The Bertz CT molecular complexity index is 1640. The number of benzene rings is 2. The summed E-state index contributed by atoms with van der Waals surface area (Å²) in [6, 6.07) is 15.5. The van der Waals surface area contributed by atoms with E-state index in [9.17, 15) is 9.18 Å². The Morgan fingerprint density at radius 1 is 1.11 bits per heavy atom. The third-order valence-corrected chi connectivity index (χ3v) is 6.40. The average molecular weight is 500 g/mol. The maximum atomic E-state index is 14.3. The summed E-state index contributed by atoms with van der Waals surface area (Å²) in [5.41, 5.74) is 3.33. The van der Waals surface area contributed by atoms with Crippen LogP contribution >= 0.6 is 0 Å². The van der Waals surface area contributed by atoms with Gasteiger partial charge in [-0.25, -0.2) is 4.39 Å². The topological polar surface area (TPSA) is 108 Å². The zero-order valence-electron chi connectivity index (χ0n) is 20.1. The monoisotopic (exact) mass is 499 g/mol. The van der Waals surface area contributed by atoms with Crippen molar-refractivity contribution in [2.24, 2.45) is 0 Å². The van der Waals surface area contributed by atoms with Gasteiger partial charge in [-0.05, 0) is 31.2 Å². The van der Waals surface area contributed by atoms with Crippen LogP contribution < -0.4 is 14.8 Å². The van der Waals surface area contributed by atoms with Crippen molar-refractivity contribution in [3.05, 3.63) is 89.1 Å². The molecule has 11 heteroatoms. The zero-order chi connectivity index (χ0) is 25.5. The number of methoxy groups -OCH3 is 1. The van der Waals surface area contributed by atoms with Gasteiger partial charge < -0.3 is 14.8 Å². The molecule has 1 aliphatic heterocycles. The molecular formula is C26H22FN7O3. The number of para-hydroxylation sites is 1. The first-order chi connectivity index (χ1) is 18.0. The van der Waals surface area contributed by atoms with E-state index in [1.165, 1.54) is 16.9 Å². The summed E-state index contributed by atoms with van der Waals surface area (Å²) in [7, 11) is 1.55. The number of nitrogens with zero attached hydrogens (tertiary/aromatic N) is 6. The van der Waals surface area contributed by atoms with Crippen molar-refractivity contribution in [2.45, 2.75) is 25.9 Å². The van der Waals surface area contributed by atoms with Crippen molar-refractivity contribution < 1.29 is 18.7 Å². The molecule has 3 aromatic heterocycles. The summed E-state index contributed by atoms with van der Waals surface area (Å²) in [6.07, 6.45) is 1.68. The standard InChI is InChI=1S/C26H22FN7O3/c1-15-24-18(17-7-5-9-20(36-2)25(17)37-13-16-6-3-4-8-19(16)27)12-23(35)29-26(24)34(31-15)22-11-10-21-30-28-14-33(21)32-22/h3-11,14,18H,12-13H2,1-2H3,(H,29,35)/t18-/m1/s1. The van der Waals surface area contributed by atoms with Crippen LogP contribution in [0, 0.1) is 12.7 Å². The fourth-order valence-corrected chi connectivity index (χ4v) is 4.70. The first-order valence-corrected chi connectivity index (χ1v) is 11.6. The number of ether oxygens (including phenoxy) is 2. The van der Waals surface area contributed by atoms with E-state index in [0.717, 1.165) is 16.8 Å². The molecule has 1 amide bonds. The number of aryl methyl sites for hydroxylation is 1. The summed E-state index contributed by atoms with van der Waals surface area (Å²) < 4.78 is 29.2. The molecule has 1 atom stereocenters. The van der Waals surface area contributed by atoms with Crippen molar-refractivity contribution in [3.8, 4) is 17.3 Å². The molecule has 0 aliphatic carbocycles. The lowest BCUT2D eigenvalue weighted by Gasteiger charge is -2.26. The molecule has 0 saturated carbocycles. The lowest BCUT2D eigenvalue weighted by Crippen LogP contribution is -2.25. The van der Waals surface area contributed by atoms with Crippen LogP contribution in [0.5, 0.6) is 11.5 Å². The molecule has 0 saturated heterocycles. The lowest BCUT2D eigenvalue weighted by molar-refractivity contribution is -0.116. The third kappa shape index (κ3) is 3.94. The van der Waals surface area contributed by atoms with Crippen LogP contribution in [0.25, 0.3) is 11.5 Å². The van der Waals surface area contributed by atoms with Crippen LogP contribution in [0.15, 0.2) is 60.9 Å². The van der Waals surface area contributed by atoms with Gasteiger partial charge in [-0.3, -0.25) is 4.79 Å². The van der Waals surface area contributed by atoms with Gasteiger partial charge in [0.2, 0.25) is 5.91 Å². The van der Waals surface area contributed by atoms with E-state index in [-0.39, 0.29) is 30.7 Å². The molecule has 186 valence electrons. The number of hydrogen-bond donors (Lipinski definition) is 1. The molecule has 0 bridgehead atoms. The smallest absolute Gasteiger partial charge is 0.226 e. The fourth-order valence-electron chi connectivity index (χ4n) is 4.70. The number of fused-ring (bicyclic) bond motifs is 2. The maximum Gasteiger partial charge on any atom is 0.226 e. The fraction of sp³-hybridized carbons (Fsp3) is 0.192. The zero-order valence-corrected chi connectivity index (χ0v) is 20.1. The molecular weight excluding hydrogens is 477 g/mol. The van der Waals surface area contributed by atoms with Gasteiger partial charge in [0, 0.05) is 29.0 Å². The molecule has 0 spiro atoms. The molecule has 4 heterocycles. The largest absolute Gasteiger partial charge is 0.493 e. The molecule has 0 fully saturated rings. The highest BCUT2D eigenvalue weighted by molar-refractivity contribution is 5.95. The predicted molar refractivity (Wildman–Crippen MR) is 131 cm³/mol. The first-order valence-electron chi connectivity index (χ1n) is 11.6. The van der Waals surface area contributed by atoms with Gasteiger partial charge in [-0.2, -0.15) is 14.3 Å². The number of aromatic nitrogens is 6. The average Bonchev–Trinajstić information content (AvgIpc) is 3.51. The number of halogens is 1. The SMILES string of the molecule is COc1cccc([C@H]2CC(=O)Nc3c2c(C)nn3-c2ccc3nncn3n2)c1OCc1ccccc1F. The Morgan fingerprint density at radius 2 is 1.97 bits per heavy atom. The molecule has 0 unspecified atom stereocenters. The van der Waals surface area contributed by atoms with Gasteiger partial charge in [0.1, 0.15) is 24.6 Å². The highest BCUT2D eigenvalue weighted by atomic mass is 19.1. The highest BCUT2D eigenvalue weighted by Crippen LogP contribution is 2.46. The summed E-state index contributed by atoms with van der Waals surface area (Å²) in [5, 5.41) is 20.0. The predicted octanol–water partition coefficient (Wildman–Crippen LogP) is 3.82. The summed E-state index contributed by atoms with van der Waals surface area (Å²) in [5.74, 6) is 1.07. The van der Waals surface area contributed by atoms with Crippen molar-refractivity contribution >= 4 is 17.4 Å².